The Hall–Kier alpha value is -3.15. The van der Waals surface area contributed by atoms with E-state index in [1.807, 2.05) is 68.4 Å². The number of para-hydroxylation sites is 1. The van der Waals surface area contributed by atoms with E-state index in [0.29, 0.717) is 23.9 Å². The van der Waals surface area contributed by atoms with Crippen LogP contribution in [0.15, 0.2) is 59.1 Å². The van der Waals surface area contributed by atoms with E-state index in [2.05, 4.69) is 10.1 Å². The molecule has 6 nitrogen and oxygen atoms in total. The van der Waals surface area contributed by atoms with E-state index in [4.69, 9.17) is 9.26 Å². The number of carbonyl (C=O) groups excluding carboxylic acids is 1. The molecule has 0 aliphatic heterocycles. The van der Waals surface area contributed by atoms with E-state index in [1.165, 1.54) is 0 Å². The Morgan fingerprint density at radius 1 is 1.19 bits per heavy atom. The van der Waals surface area contributed by atoms with Gasteiger partial charge in [0.05, 0.1) is 6.54 Å². The van der Waals surface area contributed by atoms with Crippen molar-refractivity contribution in [1.29, 1.82) is 0 Å². The molecule has 2 aromatic carbocycles. The number of hydrogen-bond donors (Lipinski definition) is 0. The number of likely N-dealkylation sites (N-methyl/N-ethyl adjacent to an activating group) is 1. The number of aryl methyl sites for hydroxylation is 1. The van der Waals surface area contributed by atoms with Crippen molar-refractivity contribution in [2.45, 2.75) is 32.9 Å². The summed E-state index contributed by atoms with van der Waals surface area (Å²) in [4.78, 5) is 18.7. The third kappa shape index (κ3) is 4.73. The highest BCUT2D eigenvalue weighted by atomic mass is 16.5. The van der Waals surface area contributed by atoms with Gasteiger partial charge in [-0.15, -0.1) is 0 Å². The molecule has 0 saturated heterocycles. The lowest BCUT2D eigenvalue weighted by Gasteiger charge is -2.22. The Morgan fingerprint density at radius 3 is 2.67 bits per heavy atom. The fraction of sp³-hybridized carbons (Fsp3) is 0.286. The van der Waals surface area contributed by atoms with Crippen LogP contribution in [0.1, 0.15) is 24.8 Å². The molecular formula is C21H23N3O3. The number of rotatable bonds is 7. The fourth-order valence-corrected chi connectivity index (χ4v) is 2.72. The topological polar surface area (TPSA) is 68.5 Å². The molecule has 0 N–H and O–H groups in total. The second-order valence-corrected chi connectivity index (χ2v) is 6.40. The number of carbonyl (C=O) groups is 1. The normalized spacial score (nSPS) is 11.8. The van der Waals surface area contributed by atoms with Crippen molar-refractivity contribution in [3.05, 3.63) is 66.1 Å². The average Bonchev–Trinajstić information content (AvgIpc) is 3.15. The maximum atomic E-state index is 12.7. The minimum absolute atomic E-state index is 0.128. The van der Waals surface area contributed by atoms with Crippen LogP contribution in [0.25, 0.3) is 11.4 Å². The van der Waals surface area contributed by atoms with Crippen LogP contribution < -0.4 is 4.74 Å². The summed E-state index contributed by atoms with van der Waals surface area (Å²) >= 11 is 0. The van der Waals surface area contributed by atoms with Crippen LogP contribution in [0.5, 0.6) is 5.75 Å². The predicted molar refractivity (Wildman–Crippen MR) is 102 cm³/mol. The summed E-state index contributed by atoms with van der Waals surface area (Å²) in [7, 11) is 1.70. The van der Waals surface area contributed by atoms with Gasteiger partial charge >= 0.3 is 0 Å². The van der Waals surface area contributed by atoms with E-state index < -0.39 is 6.10 Å². The minimum Gasteiger partial charge on any atom is -0.481 e. The third-order valence-electron chi connectivity index (χ3n) is 4.16. The first-order chi connectivity index (χ1) is 13.1. The second-order valence-electron chi connectivity index (χ2n) is 6.40. The zero-order chi connectivity index (χ0) is 19.2. The number of ether oxygens (including phenoxy) is 1. The van der Waals surface area contributed by atoms with Crippen LogP contribution in [-0.4, -0.2) is 34.1 Å². The molecule has 0 saturated carbocycles. The molecule has 0 radical (unpaired) electrons. The number of nitrogens with zero attached hydrogens (tertiary/aromatic N) is 3. The van der Waals surface area contributed by atoms with Crippen LogP contribution in [-0.2, 0) is 11.3 Å². The number of amides is 1. The maximum Gasteiger partial charge on any atom is 0.263 e. The van der Waals surface area contributed by atoms with Crippen LogP contribution >= 0.6 is 0 Å². The van der Waals surface area contributed by atoms with Crippen molar-refractivity contribution in [2.24, 2.45) is 0 Å². The maximum absolute atomic E-state index is 12.7. The molecule has 0 spiro atoms. The monoisotopic (exact) mass is 365 g/mol. The highest BCUT2D eigenvalue weighted by molar-refractivity contribution is 5.80. The fourth-order valence-electron chi connectivity index (χ4n) is 2.72. The van der Waals surface area contributed by atoms with Gasteiger partial charge in [0, 0.05) is 12.6 Å². The number of aromatic nitrogens is 2. The Labute approximate surface area is 158 Å². The lowest BCUT2D eigenvalue weighted by molar-refractivity contribution is -0.138. The first-order valence-electron chi connectivity index (χ1n) is 8.93. The highest BCUT2D eigenvalue weighted by Gasteiger charge is 2.24. The highest BCUT2D eigenvalue weighted by Crippen LogP contribution is 2.18. The molecule has 3 rings (SSSR count). The molecule has 27 heavy (non-hydrogen) atoms. The summed E-state index contributed by atoms with van der Waals surface area (Å²) in [5.74, 6) is 1.45. The van der Waals surface area contributed by atoms with Gasteiger partial charge in [-0.3, -0.25) is 4.79 Å². The van der Waals surface area contributed by atoms with Gasteiger partial charge in [0.2, 0.25) is 11.7 Å². The first kappa shape index (κ1) is 18.6. The standard InChI is InChI=1S/C21H23N3O3/c1-4-18(26-17-11-6-5-7-12-17)21(25)24(3)14-19-22-20(23-27-19)16-10-8-9-15(2)13-16/h5-13,18H,4,14H2,1-3H3/t18-/m1/s1. The Morgan fingerprint density at radius 2 is 1.96 bits per heavy atom. The van der Waals surface area contributed by atoms with Gasteiger partial charge in [0.15, 0.2) is 6.10 Å². The lowest BCUT2D eigenvalue weighted by Crippen LogP contribution is -2.39. The van der Waals surface area contributed by atoms with Crippen molar-refractivity contribution in [2.75, 3.05) is 7.05 Å². The molecule has 0 aliphatic rings. The molecular weight excluding hydrogens is 342 g/mol. The lowest BCUT2D eigenvalue weighted by atomic mass is 10.1. The molecule has 0 aliphatic carbocycles. The van der Waals surface area contributed by atoms with Gasteiger partial charge in [0.25, 0.3) is 5.91 Å². The Bertz CT molecular complexity index is 892. The van der Waals surface area contributed by atoms with E-state index in [-0.39, 0.29) is 12.5 Å². The molecule has 3 aromatic rings. The zero-order valence-electron chi connectivity index (χ0n) is 15.8. The van der Waals surface area contributed by atoms with E-state index in [9.17, 15) is 4.79 Å². The van der Waals surface area contributed by atoms with Crippen molar-refractivity contribution >= 4 is 5.91 Å². The second kappa shape index (κ2) is 8.49. The summed E-state index contributed by atoms with van der Waals surface area (Å²) in [5.41, 5.74) is 2.01. The smallest absolute Gasteiger partial charge is 0.263 e. The molecule has 1 amide bonds. The molecule has 0 bridgehead atoms. The Kier molecular flexibility index (Phi) is 5.86. The third-order valence-corrected chi connectivity index (χ3v) is 4.16. The van der Waals surface area contributed by atoms with Crippen LogP contribution in [0.2, 0.25) is 0 Å². The molecule has 6 heteroatoms. The van der Waals surface area contributed by atoms with E-state index >= 15 is 0 Å². The van der Waals surface area contributed by atoms with Crippen molar-refractivity contribution in [3.63, 3.8) is 0 Å². The summed E-state index contributed by atoms with van der Waals surface area (Å²) < 4.78 is 11.1. The zero-order valence-corrected chi connectivity index (χ0v) is 15.8. The van der Waals surface area contributed by atoms with Crippen molar-refractivity contribution in [1.82, 2.24) is 15.0 Å². The molecule has 1 heterocycles. The minimum atomic E-state index is -0.559. The molecule has 140 valence electrons. The van der Waals surface area contributed by atoms with E-state index in [1.54, 1.807) is 11.9 Å². The SMILES string of the molecule is CC[C@@H](Oc1ccccc1)C(=O)N(C)Cc1nc(-c2cccc(C)c2)no1. The van der Waals surface area contributed by atoms with Crippen molar-refractivity contribution in [3.8, 4) is 17.1 Å². The number of benzene rings is 2. The van der Waals surface area contributed by atoms with Crippen LogP contribution in [0, 0.1) is 6.92 Å². The summed E-state index contributed by atoms with van der Waals surface area (Å²) in [5, 5.41) is 4.02. The van der Waals surface area contributed by atoms with E-state index in [0.717, 1.165) is 11.1 Å². The van der Waals surface area contributed by atoms with Gasteiger partial charge in [0.1, 0.15) is 5.75 Å². The molecule has 0 fully saturated rings. The van der Waals surface area contributed by atoms with Gasteiger partial charge in [-0.05, 0) is 31.5 Å². The predicted octanol–water partition coefficient (Wildman–Crippen LogP) is 3.86. The largest absolute Gasteiger partial charge is 0.481 e. The van der Waals surface area contributed by atoms with Gasteiger partial charge in [-0.2, -0.15) is 4.98 Å². The van der Waals surface area contributed by atoms with Crippen LogP contribution in [0.3, 0.4) is 0 Å². The molecule has 0 unspecified atom stereocenters. The first-order valence-corrected chi connectivity index (χ1v) is 8.93. The quantitative estimate of drug-likeness (QED) is 0.636. The van der Waals surface area contributed by atoms with Crippen LogP contribution in [0.4, 0.5) is 0 Å². The van der Waals surface area contributed by atoms with Crippen molar-refractivity contribution < 1.29 is 14.1 Å². The summed E-state index contributed by atoms with van der Waals surface area (Å²) in [6, 6.07) is 17.2. The van der Waals surface area contributed by atoms with Gasteiger partial charge in [-0.25, -0.2) is 0 Å². The Balaban J connectivity index is 1.65. The molecule has 1 aromatic heterocycles. The summed E-state index contributed by atoms with van der Waals surface area (Å²) in [6.07, 6.45) is 0.00718. The molecule has 1 atom stereocenters. The summed E-state index contributed by atoms with van der Waals surface area (Å²) in [6.45, 7) is 4.16. The van der Waals surface area contributed by atoms with Gasteiger partial charge < -0.3 is 14.2 Å². The number of hydrogen-bond acceptors (Lipinski definition) is 5. The average molecular weight is 365 g/mol. The van der Waals surface area contributed by atoms with Gasteiger partial charge in [-0.1, -0.05) is 54.0 Å².